The molecule has 0 bridgehead atoms. The van der Waals surface area contributed by atoms with Crippen molar-refractivity contribution in [2.24, 2.45) is 17.3 Å². The van der Waals surface area contributed by atoms with Crippen molar-refractivity contribution >= 4 is 6.29 Å². The molecular weight excluding hydrogens is 424 g/mol. The molecule has 190 valence electrons. The first kappa shape index (κ1) is 28.5. The molecule has 0 saturated heterocycles. The molecule has 0 aromatic rings. The lowest BCUT2D eigenvalue weighted by Gasteiger charge is -2.55. The van der Waals surface area contributed by atoms with Crippen LogP contribution in [0.5, 0.6) is 0 Å². The van der Waals surface area contributed by atoms with Gasteiger partial charge in [0.1, 0.15) is 6.29 Å². The molecule has 2 rings (SSSR count). The number of carbonyl (C=O) groups is 1. The van der Waals surface area contributed by atoms with E-state index in [-0.39, 0.29) is 18.4 Å². The van der Waals surface area contributed by atoms with E-state index in [4.69, 9.17) is 0 Å². The SMILES string of the molecule is C=C(/C=C/C=C(\C)CCC=C(C)C)[C@@H]1CC[C@]2([C@H](CCCO)/C(=C(\C)C=O)CC[C@]2(C)O)[C@@H]1O. The molecule has 0 aliphatic heterocycles. The van der Waals surface area contributed by atoms with Gasteiger partial charge >= 0.3 is 0 Å². The minimum absolute atomic E-state index is 0.0520. The van der Waals surface area contributed by atoms with Gasteiger partial charge in [0.25, 0.3) is 0 Å². The number of aldehydes is 1. The van der Waals surface area contributed by atoms with Crippen LogP contribution in [-0.4, -0.2) is 39.9 Å². The van der Waals surface area contributed by atoms with E-state index in [9.17, 15) is 20.1 Å². The van der Waals surface area contributed by atoms with E-state index in [1.807, 2.05) is 26.0 Å². The van der Waals surface area contributed by atoms with Crippen LogP contribution in [0.3, 0.4) is 0 Å². The largest absolute Gasteiger partial charge is 0.396 e. The third kappa shape index (κ3) is 6.08. The molecule has 5 atom stereocenters. The molecule has 2 aliphatic rings. The topological polar surface area (TPSA) is 77.8 Å². The lowest BCUT2D eigenvalue weighted by molar-refractivity contribution is -0.167. The summed E-state index contributed by atoms with van der Waals surface area (Å²) in [4.78, 5) is 11.7. The van der Waals surface area contributed by atoms with Gasteiger partial charge in [0.15, 0.2) is 0 Å². The fourth-order valence-corrected chi connectivity index (χ4v) is 6.29. The van der Waals surface area contributed by atoms with E-state index < -0.39 is 17.1 Å². The van der Waals surface area contributed by atoms with Gasteiger partial charge in [-0.3, -0.25) is 4.79 Å². The minimum Gasteiger partial charge on any atom is -0.396 e. The van der Waals surface area contributed by atoms with Crippen LogP contribution in [0.25, 0.3) is 0 Å². The van der Waals surface area contributed by atoms with Gasteiger partial charge in [-0.05, 0) is 103 Å². The lowest BCUT2D eigenvalue weighted by Crippen LogP contribution is -2.59. The Labute approximate surface area is 206 Å². The number of aliphatic hydroxyl groups excluding tert-OH is 2. The number of hydrogen-bond acceptors (Lipinski definition) is 4. The predicted octanol–water partition coefficient (Wildman–Crippen LogP) is 6.00. The highest BCUT2D eigenvalue weighted by atomic mass is 16.3. The summed E-state index contributed by atoms with van der Waals surface area (Å²) in [5.74, 6) is -0.280. The number of rotatable bonds is 10. The van der Waals surface area contributed by atoms with Crippen molar-refractivity contribution in [2.45, 2.75) is 97.7 Å². The first-order valence-electron chi connectivity index (χ1n) is 12.8. The highest BCUT2D eigenvalue weighted by molar-refractivity contribution is 5.74. The average molecular weight is 471 g/mol. The van der Waals surface area contributed by atoms with Crippen LogP contribution in [0.15, 0.2) is 58.7 Å². The highest BCUT2D eigenvalue weighted by Crippen LogP contribution is 2.62. The van der Waals surface area contributed by atoms with Crippen LogP contribution in [0.2, 0.25) is 0 Å². The van der Waals surface area contributed by atoms with E-state index in [0.29, 0.717) is 37.7 Å². The van der Waals surface area contributed by atoms with Crippen LogP contribution in [-0.2, 0) is 4.79 Å². The van der Waals surface area contributed by atoms with Crippen molar-refractivity contribution in [2.75, 3.05) is 6.61 Å². The van der Waals surface area contributed by atoms with E-state index in [2.05, 4.69) is 39.5 Å². The normalized spacial score (nSPS) is 33.4. The third-order valence-electron chi connectivity index (χ3n) is 8.30. The van der Waals surface area contributed by atoms with Gasteiger partial charge in [-0.2, -0.15) is 0 Å². The molecule has 2 aliphatic carbocycles. The maximum absolute atomic E-state index is 11.7. The van der Waals surface area contributed by atoms with Crippen LogP contribution in [0.4, 0.5) is 0 Å². The zero-order valence-electron chi connectivity index (χ0n) is 21.9. The lowest BCUT2D eigenvalue weighted by atomic mass is 9.52. The average Bonchev–Trinajstić information content (AvgIpc) is 3.12. The summed E-state index contributed by atoms with van der Waals surface area (Å²) in [6.07, 6.45) is 14.3. The van der Waals surface area contributed by atoms with E-state index >= 15 is 0 Å². The molecule has 2 fully saturated rings. The maximum Gasteiger partial charge on any atom is 0.145 e. The zero-order valence-corrected chi connectivity index (χ0v) is 21.9. The molecule has 0 unspecified atom stereocenters. The Balaban J connectivity index is 2.28. The first-order valence-corrected chi connectivity index (χ1v) is 12.8. The van der Waals surface area contributed by atoms with Gasteiger partial charge in [0, 0.05) is 17.9 Å². The summed E-state index contributed by atoms with van der Waals surface area (Å²) in [7, 11) is 0. The molecule has 4 nitrogen and oxygen atoms in total. The molecule has 34 heavy (non-hydrogen) atoms. The van der Waals surface area contributed by atoms with Gasteiger partial charge < -0.3 is 15.3 Å². The number of allylic oxidation sites excluding steroid dienone is 8. The monoisotopic (exact) mass is 470 g/mol. The van der Waals surface area contributed by atoms with Crippen molar-refractivity contribution in [3.63, 3.8) is 0 Å². The maximum atomic E-state index is 11.7. The summed E-state index contributed by atoms with van der Waals surface area (Å²) in [6, 6.07) is 0. The van der Waals surface area contributed by atoms with E-state index in [1.165, 1.54) is 11.1 Å². The molecular formula is C30H46O4. The summed E-state index contributed by atoms with van der Waals surface area (Å²) >= 11 is 0. The molecule has 0 radical (unpaired) electrons. The fourth-order valence-electron chi connectivity index (χ4n) is 6.29. The Bertz CT molecular complexity index is 853. The second kappa shape index (κ2) is 12.3. The molecule has 2 saturated carbocycles. The zero-order chi connectivity index (χ0) is 25.5. The van der Waals surface area contributed by atoms with Crippen LogP contribution in [0.1, 0.15) is 86.0 Å². The first-order chi connectivity index (χ1) is 16.0. The summed E-state index contributed by atoms with van der Waals surface area (Å²) in [5.41, 5.74) is 3.42. The molecule has 0 aromatic heterocycles. The molecule has 0 amide bonds. The van der Waals surface area contributed by atoms with Crippen molar-refractivity contribution in [3.8, 4) is 0 Å². The second-order valence-electron chi connectivity index (χ2n) is 10.9. The summed E-state index contributed by atoms with van der Waals surface area (Å²) < 4.78 is 0. The van der Waals surface area contributed by atoms with Gasteiger partial charge in [0.05, 0.1) is 11.7 Å². The van der Waals surface area contributed by atoms with Crippen molar-refractivity contribution in [1.29, 1.82) is 0 Å². The molecule has 3 N–H and O–H groups in total. The molecule has 4 heteroatoms. The van der Waals surface area contributed by atoms with Crippen molar-refractivity contribution in [1.82, 2.24) is 0 Å². The molecule has 0 heterocycles. The minimum atomic E-state index is -1.06. The summed E-state index contributed by atoms with van der Waals surface area (Å²) in [6.45, 7) is 14.3. The Hall–Kier alpha value is -1.75. The van der Waals surface area contributed by atoms with Crippen molar-refractivity contribution in [3.05, 3.63) is 58.7 Å². The Kier molecular flexibility index (Phi) is 10.3. The quantitative estimate of drug-likeness (QED) is 0.158. The Morgan fingerprint density at radius 1 is 1.21 bits per heavy atom. The molecule has 1 spiro atoms. The van der Waals surface area contributed by atoms with Crippen LogP contribution in [0, 0.1) is 17.3 Å². The second-order valence-corrected chi connectivity index (χ2v) is 10.9. The van der Waals surface area contributed by atoms with Gasteiger partial charge in [-0.1, -0.05) is 47.6 Å². The van der Waals surface area contributed by atoms with E-state index in [1.54, 1.807) is 0 Å². The van der Waals surface area contributed by atoms with Gasteiger partial charge in [-0.15, -0.1) is 0 Å². The number of aliphatic hydroxyl groups is 3. The number of hydrogen-bond donors (Lipinski definition) is 3. The Morgan fingerprint density at radius 3 is 2.53 bits per heavy atom. The van der Waals surface area contributed by atoms with E-state index in [0.717, 1.165) is 36.7 Å². The summed E-state index contributed by atoms with van der Waals surface area (Å²) in [5, 5.41) is 32.9. The Morgan fingerprint density at radius 2 is 1.91 bits per heavy atom. The standard InChI is InChI=1S/C30H46O4/c1-21(2)10-7-11-22(3)12-8-13-23(4)26-16-18-30(28(26)33)27(14-9-19-31)25(24(5)20-32)15-17-29(30,6)34/h8,10,12-13,20,26-28,31,33-34H,4,7,9,11,14-19H2,1-3,5-6H3/b13-8+,22-12+,25-24+/t26-,27+,28+,29-,30-/m0/s1. The fraction of sp³-hybridized carbons (Fsp3) is 0.633. The van der Waals surface area contributed by atoms with Crippen molar-refractivity contribution < 1.29 is 20.1 Å². The molecule has 0 aromatic carbocycles. The van der Waals surface area contributed by atoms with Gasteiger partial charge in [0.2, 0.25) is 0 Å². The van der Waals surface area contributed by atoms with Gasteiger partial charge in [-0.25, -0.2) is 0 Å². The highest BCUT2D eigenvalue weighted by Gasteiger charge is 2.63. The van der Waals surface area contributed by atoms with Crippen LogP contribution >= 0.6 is 0 Å². The smallest absolute Gasteiger partial charge is 0.145 e. The third-order valence-corrected chi connectivity index (χ3v) is 8.30. The van der Waals surface area contributed by atoms with Crippen LogP contribution < -0.4 is 0 Å². The number of carbonyl (C=O) groups excluding carboxylic acids is 1. The predicted molar refractivity (Wildman–Crippen MR) is 140 cm³/mol.